The van der Waals surface area contributed by atoms with Crippen LogP contribution < -0.4 is 0 Å². The van der Waals surface area contributed by atoms with Crippen molar-refractivity contribution in [3.63, 3.8) is 0 Å². The predicted molar refractivity (Wildman–Crippen MR) is 104 cm³/mol. The first-order chi connectivity index (χ1) is 12.1. The standard InChI is InChI=1S/C22H32N2O/c1-4-25-17-22(12-11-20-7-5-6-8-20)13-14-24(16-22)15-21-10-9-18(2)23-19(21)3/h5,7-10H,4,6,11-17H2,1-3H3/t22-/m1/s1. The lowest BCUT2D eigenvalue weighted by Crippen LogP contribution is -2.31. The average molecular weight is 341 g/mol. The summed E-state index contributed by atoms with van der Waals surface area (Å²) < 4.78 is 5.90. The third-order valence-corrected chi connectivity index (χ3v) is 5.65. The zero-order valence-corrected chi connectivity index (χ0v) is 16.1. The smallest absolute Gasteiger partial charge is 0.0535 e. The second kappa shape index (κ2) is 8.29. The lowest BCUT2D eigenvalue weighted by Gasteiger charge is -2.29. The lowest BCUT2D eigenvalue weighted by molar-refractivity contribution is 0.0490. The fraction of sp³-hybridized carbons (Fsp3) is 0.591. The number of aromatic nitrogens is 1. The van der Waals surface area contributed by atoms with Crippen LogP contribution >= 0.6 is 0 Å². The minimum Gasteiger partial charge on any atom is -0.381 e. The maximum atomic E-state index is 5.90. The molecule has 0 saturated carbocycles. The van der Waals surface area contributed by atoms with E-state index in [4.69, 9.17) is 4.74 Å². The van der Waals surface area contributed by atoms with Crippen molar-refractivity contribution in [2.75, 3.05) is 26.3 Å². The van der Waals surface area contributed by atoms with Gasteiger partial charge in [-0.05, 0) is 64.6 Å². The highest BCUT2D eigenvalue weighted by molar-refractivity contribution is 5.26. The molecule has 0 radical (unpaired) electrons. The first kappa shape index (κ1) is 18.3. The van der Waals surface area contributed by atoms with Gasteiger partial charge in [-0.2, -0.15) is 0 Å². The molecule has 0 bridgehead atoms. The molecule has 1 atom stereocenters. The van der Waals surface area contributed by atoms with Crippen molar-refractivity contribution in [2.45, 2.75) is 53.0 Å². The van der Waals surface area contributed by atoms with Crippen LogP contribution in [-0.4, -0.2) is 36.2 Å². The van der Waals surface area contributed by atoms with E-state index >= 15 is 0 Å². The van der Waals surface area contributed by atoms with Crippen molar-refractivity contribution >= 4 is 0 Å². The summed E-state index contributed by atoms with van der Waals surface area (Å²) in [5, 5.41) is 0. The number of nitrogens with zero attached hydrogens (tertiary/aromatic N) is 2. The maximum Gasteiger partial charge on any atom is 0.0535 e. The number of rotatable bonds is 8. The number of hydrogen-bond acceptors (Lipinski definition) is 3. The molecule has 1 aromatic heterocycles. The monoisotopic (exact) mass is 340 g/mol. The fourth-order valence-electron chi connectivity index (χ4n) is 4.10. The Morgan fingerprint density at radius 2 is 2.16 bits per heavy atom. The molecule has 0 N–H and O–H groups in total. The van der Waals surface area contributed by atoms with Crippen LogP contribution in [0.15, 0.2) is 35.9 Å². The van der Waals surface area contributed by atoms with Gasteiger partial charge in [0.05, 0.1) is 6.61 Å². The number of aryl methyl sites for hydroxylation is 2. The van der Waals surface area contributed by atoms with Gasteiger partial charge in [0.2, 0.25) is 0 Å². The molecular weight excluding hydrogens is 308 g/mol. The van der Waals surface area contributed by atoms with Gasteiger partial charge in [-0.3, -0.25) is 9.88 Å². The number of likely N-dealkylation sites (tertiary alicyclic amines) is 1. The summed E-state index contributed by atoms with van der Waals surface area (Å²) in [6, 6.07) is 4.37. The van der Waals surface area contributed by atoms with Gasteiger partial charge < -0.3 is 4.74 Å². The molecule has 3 rings (SSSR count). The molecule has 0 amide bonds. The van der Waals surface area contributed by atoms with Crippen LogP contribution in [0.25, 0.3) is 0 Å². The Bertz CT molecular complexity index is 649. The molecule has 0 aromatic carbocycles. The fourth-order valence-corrected chi connectivity index (χ4v) is 4.10. The van der Waals surface area contributed by atoms with Crippen molar-refractivity contribution < 1.29 is 4.74 Å². The van der Waals surface area contributed by atoms with E-state index in [2.05, 4.69) is 61.0 Å². The third-order valence-electron chi connectivity index (χ3n) is 5.65. The Morgan fingerprint density at radius 3 is 2.88 bits per heavy atom. The van der Waals surface area contributed by atoms with Crippen molar-refractivity contribution in [3.8, 4) is 0 Å². The number of allylic oxidation sites excluding steroid dienone is 4. The van der Waals surface area contributed by atoms with Crippen molar-refractivity contribution in [1.29, 1.82) is 0 Å². The van der Waals surface area contributed by atoms with Gasteiger partial charge in [0.15, 0.2) is 0 Å². The third kappa shape index (κ3) is 4.80. The van der Waals surface area contributed by atoms with Gasteiger partial charge in [0, 0.05) is 36.5 Å². The number of pyridine rings is 1. The Labute approximate surface area is 152 Å². The van der Waals surface area contributed by atoms with E-state index in [9.17, 15) is 0 Å². The first-order valence-corrected chi connectivity index (χ1v) is 9.69. The van der Waals surface area contributed by atoms with Crippen molar-refractivity contribution in [3.05, 3.63) is 52.9 Å². The molecular formula is C22H32N2O. The highest BCUT2D eigenvalue weighted by Gasteiger charge is 2.38. The van der Waals surface area contributed by atoms with Crippen LogP contribution in [0.1, 0.15) is 49.6 Å². The van der Waals surface area contributed by atoms with Crippen molar-refractivity contribution in [1.82, 2.24) is 9.88 Å². The summed E-state index contributed by atoms with van der Waals surface area (Å²) in [6.07, 6.45) is 11.7. The largest absolute Gasteiger partial charge is 0.381 e. The maximum absolute atomic E-state index is 5.90. The highest BCUT2D eigenvalue weighted by Crippen LogP contribution is 2.38. The quantitative estimate of drug-likeness (QED) is 0.692. The molecule has 25 heavy (non-hydrogen) atoms. The van der Waals surface area contributed by atoms with Crippen LogP contribution in [0.2, 0.25) is 0 Å². The summed E-state index contributed by atoms with van der Waals surface area (Å²) in [5.41, 5.74) is 5.45. The van der Waals surface area contributed by atoms with Gasteiger partial charge in [0.25, 0.3) is 0 Å². The van der Waals surface area contributed by atoms with Gasteiger partial charge in [-0.1, -0.05) is 29.9 Å². The van der Waals surface area contributed by atoms with E-state index < -0.39 is 0 Å². The molecule has 1 fully saturated rings. The zero-order chi connectivity index (χ0) is 17.7. The minimum atomic E-state index is 0.305. The van der Waals surface area contributed by atoms with E-state index in [0.717, 1.165) is 45.0 Å². The van der Waals surface area contributed by atoms with Crippen LogP contribution in [0.3, 0.4) is 0 Å². The first-order valence-electron chi connectivity index (χ1n) is 9.69. The number of ether oxygens (including phenoxy) is 1. The van der Waals surface area contributed by atoms with Crippen LogP contribution in [0.4, 0.5) is 0 Å². The normalized spacial score (nSPS) is 23.4. The van der Waals surface area contributed by atoms with Crippen LogP contribution in [0, 0.1) is 19.3 Å². The topological polar surface area (TPSA) is 25.4 Å². The zero-order valence-electron chi connectivity index (χ0n) is 16.1. The molecule has 3 heteroatoms. The molecule has 1 saturated heterocycles. The summed E-state index contributed by atoms with van der Waals surface area (Å²) in [6.45, 7) is 11.3. The number of hydrogen-bond donors (Lipinski definition) is 0. The second-order valence-corrected chi connectivity index (χ2v) is 7.71. The SMILES string of the molecule is CCOC[C@]1(CCC2=CCC=C2)CCN(Cc2ccc(C)nc2C)C1. The lowest BCUT2D eigenvalue weighted by atomic mass is 9.82. The minimum absolute atomic E-state index is 0.305. The average Bonchev–Trinajstić information content (AvgIpc) is 3.24. The highest BCUT2D eigenvalue weighted by atomic mass is 16.5. The Balaban J connectivity index is 1.63. The molecule has 2 heterocycles. The summed E-state index contributed by atoms with van der Waals surface area (Å²) in [4.78, 5) is 7.22. The molecule has 1 aliphatic heterocycles. The molecule has 136 valence electrons. The van der Waals surface area contributed by atoms with Crippen molar-refractivity contribution in [2.24, 2.45) is 5.41 Å². The Hall–Kier alpha value is -1.45. The molecule has 1 aromatic rings. The second-order valence-electron chi connectivity index (χ2n) is 7.71. The van der Waals surface area contributed by atoms with Crippen LogP contribution in [0.5, 0.6) is 0 Å². The molecule has 0 unspecified atom stereocenters. The Morgan fingerprint density at radius 1 is 1.28 bits per heavy atom. The van der Waals surface area contributed by atoms with E-state index in [1.165, 1.54) is 36.1 Å². The summed E-state index contributed by atoms with van der Waals surface area (Å²) >= 11 is 0. The van der Waals surface area contributed by atoms with Gasteiger partial charge in [-0.25, -0.2) is 0 Å². The molecule has 1 aliphatic carbocycles. The predicted octanol–water partition coefficient (Wildman–Crippen LogP) is 4.59. The summed E-state index contributed by atoms with van der Waals surface area (Å²) in [5.74, 6) is 0. The van der Waals surface area contributed by atoms with Gasteiger partial charge >= 0.3 is 0 Å². The van der Waals surface area contributed by atoms with Gasteiger partial charge in [-0.15, -0.1) is 0 Å². The molecule has 3 nitrogen and oxygen atoms in total. The van der Waals surface area contributed by atoms with Crippen LogP contribution in [-0.2, 0) is 11.3 Å². The van der Waals surface area contributed by atoms with E-state index in [0.29, 0.717) is 5.41 Å². The molecule has 0 spiro atoms. The molecule has 2 aliphatic rings. The van der Waals surface area contributed by atoms with E-state index in [1.807, 2.05) is 0 Å². The van der Waals surface area contributed by atoms with E-state index in [1.54, 1.807) is 0 Å². The van der Waals surface area contributed by atoms with Gasteiger partial charge in [0.1, 0.15) is 0 Å². The summed E-state index contributed by atoms with van der Waals surface area (Å²) in [7, 11) is 0. The van der Waals surface area contributed by atoms with E-state index in [-0.39, 0.29) is 0 Å². The Kier molecular flexibility index (Phi) is 6.08.